The van der Waals surface area contributed by atoms with Gasteiger partial charge in [-0.05, 0) is 43.1 Å². The second-order valence-electron chi connectivity index (χ2n) is 5.76. The molecule has 2 fully saturated rings. The van der Waals surface area contributed by atoms with E-state index in [1.54, 1.807) is 0 Å². The van der Waals surface area contributed by atoms with E-state index >= 15 is 0 Å². The molecule has 0 radical (unpaired) electrons. The van der Waals surface area contributed by atoms with Crippen LogP contribution in [0.3, 0.4) is 0 Å². The lowest BCUT2D eigenvalue weighted by Crippen LogP contribution is -2.40. The van der Waals surface area contributed by atoms with Gasteiger partial charge in [-0.3, -0.25) is 0 Å². The van der Waals surface area contributed by atoms with Crippen LogP contribution in [0.2, 0.25) is 0 Å². The zero-order valence-corrected chi connectivity index (χ0v) is 12.8. The van der Waals surface area contributed by atoms with Crippen molar-refractivity contribution in [2.45, 2.75) is 30.2 Å². The number of fused-ring (bicyclic) bond motifs is 1. The summed E-state index contributed by atoms with van der Waals surface area (Å²) in [4.78, 5) is 14.6. The number of anilines is 1. The highest BCUT2D eigenvalue weighted by Gasteiger charge is 2.48. The Morgan fingerprint density at radius 2 is 2.29 bits per heavy atom. The summed E-state index contributed by atoms with van der Waals surface area (Å²) in [7, 11) is 0. The van der Waals surface area contributed by atoms with Crippen molar-refractivity contribution in [2.24, 2.45) is 11.8 Å². The van der Waals surface area contributed by atoms with Crippen LogP contribution in [0.15, 0.2) is 23.1 Å². The molecule has 110 valence electrons. The van der Waals surface area contributed by atoms with Crippen LogP contribution in [0.4, 0.5) is 5.69 Å². The molecule has 0 spiro atoms. The van der Waals surface area contributed by atoms with Crippen molar-refractivity contribution < 1.29 is 9.90 Å². The van der Waals surface area contributed by atoms with Crippen molar-refractivity contribution in [2.75, 3.05) is 17.7 Å². The highest BCUT2D eigenvalue weighted by molar-refractivity contribution is 7.98. The van der Waals surface area contributed by atoms with Gasteiger partial charge in [0.1, 0.15) is 12.1 Å². The van der Waals surface area contributed by atoms with Gasteiger partial charge in [-0.15, -0.1) is 11.8 Å². The molecule has 1 aromatic rings. The smallest absolute Gasteiger partial charge is 0.326 e. The molecular formula is C16H18N2O2S. The lowest BCUT2D eigenvalue weighted by Gasteiger charge is -2.27. The van der Waals surface area contributed by atoms with E-state index in [2.05, 4.69) is 6.07 Å². The van der Waals surface area contributed by atoms with Gasteiger partial charge in [-0.2, -0.15) is 5.26 Å². The second kappa shape index (κ2) is 5.61. The van der Waals surface area contributed by atoms with Crippen molar-refractivity contribution in [3.05, 3.63) is 23.8 Å². The summed E-state index contributed by atoms with van der Waals surface area (Å²) in [6, 6.07) is 7.49. The molecule has 1 aliphatic carbocycles. The molecule has 0 bridgehead atoms. The molecule has 1 heterocycles. The molecule has 4 nitrogen and oxygen atoms in total. The Labute approximate surface area is 128 Å². The van der Waals surface area contributed by atoms with E-state index in [0.29, 0.717) is 11.5 Å². The molecule has 1 saturated heterocycles. The number of nitrogens with zero attached hydrogens (tertiary/aromatic N) is 2. The third-order valence-corrected chi connectivity index (χ3v) is 5.57. The molecule has 1 saturated carbocycles. The minimum atomic E-state index is -0.761. The quantitative estimate of drug-likeness (QED) is 0.870. The van der Waals surface area contributed by atoms with Gasteiger partial charge >= 0.3 is 5.97 Å². The Kier molecular flexibility index (Phi) is 3.81. The third-order valence-electron chi connectivity index (χ3n) is 4.79. The van der Waals surface area contributed by atoms with E-state index in [0.717, 1.165) is 36.4 Å². The molecule has 21 heavy (non-hydrogen) atoms. The fourth-order valence-corrected chi connectivity index (χ4v) is 4.48. The summed E-state index contributed by atoms with van der Waals surface area (Å²) in [6.07, 6.45) is 5.16. The molecular weight excluding hydrogens is 284 g/mol. The Balaban J connectivity index is 2.04. The number of hydrogen-bond acceptors (Lipinski definition) is 4. The van der Waals surface area contributed by atoms with Crippen molar-refractivity contribution in [3.8, 4) is 6.07 Å². The largest absolute Gasteiger partial charge is 0.480 e. The standard InChI is InChI=1S/C16H18N2O2S/c1-21-14-7-3-6-13(12(14)8-17)18-9-10-4-2-5-11(10)15(18)16(19)20/h3,6-7,10-11,15H,2,4-5,9H2,1H3,(H,19,20). The number of thioether (sulfide) groups is 1. The van der Waals surface area contributed by atoms with Crippen LogP contribution >= 0.6 is 11.8 Å². The highest BCUT2D eigenvalue weighted by Crippen LogP contribution is 2.45. The molecule has 5 heteroatoms. The summed E-state index contributed by atoms with van der Waals surface area (Å²) in [5.74, 6) is -0.0783. The van der Waals surface area contributed by atoms with E-state index < -0.39 is 12.0 Å². The van der Waals surface area contributed by atoms with Crippen LogP contribution in [0.1, 0.15) is 24.8 Å². The first kappa shape index (κ1) is 14.3. The fourth-order valence-electron chi connectivity index (χ4n) is 3.91. The van der Waals surface area contributed by atoms with Gasteiger partial charge in [0, 0.05) is 11.4 Å². The zero-order chi connectivity index (χ0) is 15.0. The Hall–Kier alpha value is -1.67. The maximum absolute atomic E-state index is 11.8. The number of rotatable bonds is 3. The topological polar surface area (TPSA) is 64.3 Å². The normalized spacial score (nSPS) is 27.4. The van der Waals surface area contributed by atoms with Crippen LogP contribution in [0.25, 0.3) is 0 Å². The van der Waals surface area contributed by atoms with Crippen LogP contribution in [-0.4, -0.2) is 29.9 Å². The number of hydrogen-bond donors (Lipinski definition) is 1. The lowest BCUT2D eigenvalue weighted by atomic mass is 9.94. The van der Waals surface area contributed by atoms with E-state index in [1.165, 1.54) is 11.8 Å². The van der Waals surface area contributed by atoms with Gasteiger partial charge in [-0.25, -0.2) is 4.79 Å². The summed E-state index contributed by atoms with van der Waals surface area (Å²) in [6.45, 7) is 0.758. The van der Waals surface area contributed by atoms with Crippen LogP contribution in [0.5, 0.6) is 0 Å². The van der Waals surface area contributed by atoms with E-state index in [1.807, 2.05) is 29.4 Å². The third kappa shape index (κ3) is 2.28. The van der Waals surface area contributed by atoms with E-state index in [-0.39, 0.29) is 5.92 Å². The summed E-state index contributed by atoms with van der Waals surface area (Å²) < 4.78 is 0. The molecule has 3 rings (SSSR count). The van der Waals surface area contributed by atoms with Gasteiger partial charge in [0.05, 0.1) is 11.3 Å². The maximum atomic E-state index is 11.8. The maximum Gasteiger partial charge on any atom is 0.326 e. The van der Waals surface area contributed by atoms with Crippen molar-refractivity contribution in [1.82, 2.24) is 0 Å². The Morgan fingerprint density at radius 1 is 1.48 bits per heavy atom. The van der Waals surface area contributed by atoms with E-state index in [9.17, 15) is 15.2 Å². The van der Waals surface area contributed by atoms with Gasteiger partial charge in [0.2, 0.25) is 0 Å². The number of carbonyl (C=O) groups is 1. The molecule has 0 aromatic heterocycles. The average molecular weight is 302 g/mol. The second-order valence-corrected chi connectivity index (χ2v) is 6.60. The summed E-state index contributed by atoms with van der Waals surface area (Å²) >= 11 is 1.53. The molecule has 1 N–H and O–H groups in total. The molecule has 0 amide bonds. The first-order chi connectivity index (χ1) is 10.2. The SMILES string of the molecule is CSc1cccc(N2CC3CCCC3C2C(=O)O)c1C#N. The lowest BCUT2D eigenvalue weighted by molar-refractivity contribution is -0.139. The van der Waals surface area contributed by atoms with Crippen molar-refractivity contribution in [3.63, 3.8) is 0 Å². The zero-order valence-electron chi connectivity index (χ0n) is 12.0. The minimum absolute atomic E-state index is 0.229. The van der Waals surface area contributed by atoms with E-state index in [4.69, 9.17) is 0 Å². The molecule has 3 atom stereocenters. The van der Waals surface area contributed by atoms with Gasteiger partial charge in [0.25, 0.3) is 0 Å². The van der Waals surface area contributed by atoms with Gasteiger partial charge in [-0.1, -0.05) is 12.5 Å². The Bertz CT molecular complexity index is 611. The van der Waals surface area contributed by atoms with Crippen molar-refractivity contribution in [1.29, 1.82) is 5.26 Å². The number of aliphatic carboxylic acids is 1. The monoisotopic (exact) mass is 302 g/mol. The number of nitriles is 1. The fraction of sp³-hybridized carbons (Fsp3) is 0.500. The average Bonchev–Trinajstić information content (AvgIpc) is 3.05. The number of carboxylic acids is 1. The minimum Gasteiger partial charge on any atom is -0.480 e. The predicted octanol–water partition coefficient (Wildman–Crippen LogP) is 2.97. The van der Waals surface area contributed by atoms with Crippen LogP contribution in [-0.2, 0) is 4.79 Å². The molecule has 1 aromatic carbocycles. The summed E-state index contributed by atoms with van der Waals surface area (Å²) in [5, 5.41) is 19.1. The number of benzene rings is 1. The number of carboxylic acid groups (broad SMARTS) is 1. The van der Waals surface area contributed by atoms with Crippen molar-refractivity contribution >= 4 is 23.4 Å². The summed E-state index contributed by atoms with van der Waals surface area (Å²) in [5.41, 5.74) is 1.39. The Morgan fingerprint density at radius 3 is 2.95 bits per heavy atom. The highest BCUT2D eigenvalue weighted by atomic mass is 32.2. The van der Waals surface area contributed by atoms with Gasteiger partial charge < -0.3 is 10.0 Å². The predicted molar refractivity (Wildman–Crippen MR) is 82.5 cm³/mol. The molecule has 2 aliphatic rings. The molecule has 1 aliphatic heterocycles. The first-order valence-electron chi connectivity index (χ1n) is 7.24. The van der Waals surface area contributed by atoms with Crippen LogP contribution in [0, 0.1) is 23.2 Å². The molecule has 3 unspecified atom stereocenters. The van der Waals surface area contributed by atoms with Gasteiger partial charge in [0.15, 0.2) is 0 Å². The van der Waals surface area contributed by atoms with Crippen LogP contribution < -0.4 is 4.90 Å². The first-order valence-corrected chi connectivity index (χ1v) is 8.46.